The molecular formula is C33H37N3O6. The van der Waals surface area contributed by atoms with Gasteiger partial charge in [-0.05, 0) is 65.6 Å². The smallest absolute Gasteiger partial charge is 0.258 e. The van der Waals surface area contributed by atoms with Gasteiger partial charge in [-0.2, -0.15) is 0 Å². The van der Waals surface area contributed by atoms with E-state index < -0.39 is 17.6 Å². The van der Waals surface area contributed by atoms with Crippen molar-refractivity contribution in [3.05, 3.63) is 77.4 Å². The summed E-state index contributed by atoms with van der Waals surface area (Å²) in [5, 5.41) is 6.01. The first-order valence-corrected chi connectivity index (χ1v) is 14.1. The third kappa shape index (κ3) is 6.35. The van der Waals surface area contributed by atoms with Crippen molar-refractivity contribution in [3.63, 3.8) is 0 Å². The van der Waals surface area contributed by atoms with Crippen LogP contribution < -0.4 is 24.8 Å². The minimum atomic E-state index is -0.582. The van der Waals surface area contributed by atoms with Gasteiger partial charge in [0.15, 0.2) is 18.1 Å². The highest BCUT2D eigenvalue weighted by Gasteiger charge is 2.41. The molecule has 3 aromatic rings. The SMILES string of the molecule is COc1cc2ccc1O[C@H]1CN(C(=O)C(C)(C)C)C[C@@H]1NC(=O)c1ccc(C)c(c1)-c1cccc(c1)OCC(=O)NC2. The van der Waals surface area contributed by atoms with Crippen LogP contribution in [0.25, 0.3) is 11.1 Å². The van der Waals surface area contributed by atoms with E-state index in [0.29, 0.717) is 35.9 Å². The Balaban J connectivity index is 1.53. The van der Waals surface area contributed by atoms with Crippen LogP contribution in [0.1, 0.15) is 42.3 Å². The van der Waals surface area contributed by atoms with Gasteiger partial charge in [-0.15, -0.1) is 0 Å². The highest BCUT2D eigenvalue weighted by atomic mass is 16.5. The second-order valence-corrected chi connectivity index (χ2v) is 11.8. The maximum Gasteiger partial charge on any atom is 0.258 e. The Labute approximate surface area is 246 Å². The Morgan fingerprint density at radius 1 is 1.00 bits per heavy atom. The van der Waals surface area contributed by atoms with Gasteiger partial charge in [0, 0.05) is 24.1 Å². The molecular weight excluding hydrogens is 534 g/mol. The van der Waals surface area contributed by atoms with Crippen molar-refractivity contribution >= 4 is 17.7 Å². The Bertz CT molecular complexity index is 1510. The molecule has 0 saturated carbocycles. The predicted octanol–water partition coefficient (Wildman–Crippen LogP) is 4.11. The summed E-state index contributed by atoms with van der Waals surface area (Å²) >= 11 is 0. The van der Waals surface area contributed by atoms with E-state index in [4.69, 9.17) is 14.2 Å². The molecule has 0 radical (unpaired) electrons. The lowest BCUT2D eigenvalue weighted by molar-refractivity contribution is -0.138. The molecule has 42 heavy (non-hydrogen) atoms. The highest BCUT2D eigenvalue weighted by Crippen LogP contribution is 2.32. The third-order valence-corrected chi connectivity index (χ3v) is 7.52. The molecule has 6 bridgehead atoms. The van der Waals surface area contributed by atoms with Crippen LogP contribution in [0, 0.1) is 12.3 Å². The minimum absolute atomic E-state index is 0.0175. The predicted molar refractivity (Wildman–Crippen MR) is 159 cm³/mol. The Morgan fingerprint density at radius 2 is 1.81 bits per heavy atom. The van der Waals surface area contributed by atoms with Crippen LogP contribution in [-0.4, -0.2) is 61.6 Å². The van der Waals surface area contributed by atoms with E-state index in [2.05, 4.69) is 10.6 Å². The molecule has 3 aromatic carbocycles. The first kappa shape index (κ1) is 29.0. The molecule has 3 aliphatic heterocycles. The van der Waals surface area contributed by atoms with Gasteiger partial charge >= 0.3 is 0 Å². The van der Waals surface area contributed by atoms with Crippen molar-refractivity contribution in [2.75, 3.05) is 26.8 Å². The molecule has 9 nitrogen and oxygen atoms in total. The number of carbonyl (C=O) groups is 3. The van der Waals surface area contributed by atoms with E-state index in [1.807, 2.05) is 64.1 Å². The number of carbonyl (C=O) groups excluding carboxylic acids is 3. The van der Waals surface area contributed by atoms with Crippen molar-refractivity contribution in [1.29, 1.82) is 0 Å². The molecule has 3 amide bonds. The van der Waals surface area contributed by atoms with Gasteiger partial charge in [0.1, 0.15) is 11.9 Å². The standard InChI is InChI=1S/C33H37N3O6/c1-20-9-11-23-15-25(20)22-7-6-8-24(14-22)41-19-30(37)34-16-21-10-12-27(28(13-21)40-5)42-29-18-36(32(39)33(2,3)4)17-26(29)35-31(23)38/h6-15,26,29H,16-19H2,1-5H3,(H,34,37)(H,35,38)/t26-,29-/m0/s1. The zero-order valence-corrected chi connectivity index (χ0v) is 24.7. The topological polar surface area (TPSA) is 106 Å². The molecule has 2 atom stereocenters. The van der Waals surface area contributed by atoms with Crippen LogP contribution in [0.5, 0.6) is 17.2 Å². The number of hydrogen-bond acceptors (Lipinski definition) is 6. The maximum absolute atomic E-state index is 13.6. The monoisotopic (exact) mass is 571 g/mol. The Hall–Kier alpha value is -4.53. The lowest BCUT2D eigenvalue weighted by Gasteiger charge is -2.25. The number of fused-ring (bicyclic) bond motifs is 7. The van der Waals surface area contributed by atoms with E-state index >= 15 is 0 Å². The number of nitrogens with one attached hydrogen (secondary N) is 2. The quantitative estimate of drug-likeness (QED) is 0.456. The van der Waals surface area contributed by atoms with Crippen LogP contribution in [0.3, 0.4) is 0 Å². The Kier molecular flexibility index (Phi) is 8.11. The third-order valence-electron chi connectivity index (χ3n) is 7.52. The first-order valence-electron chi connectivity index (χ1n) is 14.1. The van der Waals surface area contributed by atoms with Gasteiger partial charge in [-0.3, -0.25) is 14.4 Å². The van der Waals surface area contributed by atoms with E-state index in [0.717, 1.165) is 22.3 Å². The van der Waals surface area contributed by atoms with Crippen molar-refractivity contribution in [3.8, 4) is 28.4 Å². The van der Waals surface area contributed by atoms with Gasteiger partial charge < -0.3 is 29.7 Å². The summed E-state index contributed by atoms with van der Waals surface area (Å²) < 4.78 is 17.8. The number of methoxy groups -OCH3 is 1. The molecule has 0 unspecified atom stereocenters. The lowest BCUT2D eigenvalue weighted by atomic mass is 9.95. The molecule has 3 aliphatic rings. The molecule has 3 heterocycles. The second-order valence-electron chi connectivity index (χ2n) is 11.8. The first-order chi connectivity index (χ1) is 20.0. The summed E-state index contributed by atoms with van der Waals surface area (Å²) in [6.07, 6.45) is -0.510. The molecule has 1 fully saturated rings. The molecule has 9 heteroatoms. The van der Waals surface area contributed by atoms with E-state index in [1.165, 1.54) is 0 Å². The summed E-state index contributed by atoms with van der Waals surface area (Å²) in [5.74, 6) is 0.971. The summed E-state index contributed by atoms with van der Waals surface area (Å²) in [4.78, 5) is 41.1. The number of benzene rings is 3. The fourth-order valence-corrected chi connectivity index (χ4v) is 5.23. The van der Waals surface area contributed by atoms with Crippen molar-refractivity contribution < 1.29 is 28.6 Å². The van der Waals surface area contributed by atoms with Crippen LogP contribution >= 0.6 is 0 Å². The fraction of sp³-hybridized carbons (Fsp3) is 0.364. The second kappa shape index (κ2) is 11.8. The number of rotatable bonds is 1. The van der Waals surface area contributed by atoms with Crippen molar-refractivity contribution in [2.45, 2.75) is 46.4 Å². The average Bonchev–Trinajstić information content (AvgIpc) is 3.36. The minimum Gasteiger partial charge on any atom is -0.493 e. The summed E-state index contributed by atoms with van der Waals surface area (Å²) in [5.41, 5.74) is 3.45. The van der Waals surface area contributed by atoms with Gasteiger partial charge in [0.05, 0.1) is 19.7 Å². The summed E-state index contributed by atoms with van der Waals surface area (Å²) in [6, 6.07) is 17.9. The molecule has 0 aromatic heterocycles. The number of nitrogens with zero attached hydrogens (tertiary/aromatic N) is 1. The van der Waals surface area contributed by atoms with Crippen LogP contribution in [0.2, 0.25) is 0 Å². The largest absolute Gasteiger partial charge is 0.493 e. The highest BCUT2D eigenvalue weighted by molar-refractivity contribution is 5.96. The van der Waals surface area contributed by atoms with Gasteiger partial charge in [-0.25, -0.2) is 0 Å². The number of ether oxygens (including phenoxy) is 3. The normalized spacial score (nSPS) is 19.1. The van der Waals surface area contributed by atoms with Crippen LogP contribution in [0.4, 0.5) is 0 Å². The zero-order chi connectivity index (χ0) is 30.0. The van der Waals surface area contributed by atoms with Gasteiger partial charge in [0.25, 0.3) is 11.8 Å². The molecule has 0 aliphatic carbocycles. The van der Waals surface area contributed by atoms with E-state index in [1.54, 1.807) is 36.3 Å². The van der Waals surface area contributed by atoms with Crippen LogP contribution in [0.15, 0.2) is 60.7 Å². The van der Waals surface area contributed by atoms with Gasteiger partial charge in [0.2, 0.25) is 5.91 Å². The molecule has 0 spiro atoms. The van der Waals surface area contributed by atoms with E-state index in [-0.39, 0.29) is 30.9 Å². The fourth-order valence-electron chi connectivity index (χ4n) is 5.23. The summed E-state index contributed by atoms with van der Waals surface area (Å²) in [6.45, 7) is 8.38. The van der Waals surface area contributed by atoms with Crippen molar-refractivity contribution in [2.24, 2.45) is 5.41 Å². The van der Waals surface area contributed by atoms with Gasteiger partial charge in [-0.1, -0.05) is 45.0 Å². The summed E-state index contributed by atoms with van der Waals surface area (Å²) in [7, 11) is 1.54. The number of likely N-dealkylation sites (tertiary alicyclic amines) is 1. The number of amides is 3. The van der Waals surface area contributed by atoms with Crippen molar-refractivity contribution in [1.82, 2.24) is 15.5 Å². The molecule has 1 saturated heterocycles. The number of hydrogen-bond donors (Lipinski definition) is 2. The van der Waals surface area contributed by atoms with E-state index in [9.17, 15) is 14.4 Å². The molecule has 220 valence electrons. The Morgan fingerprint density at radius 3 is 2.57 bits per heavy atom. The lowest BCUT2D eigenvalue weighted by Crippen LogP contribution is -2.45. The average molecular weight is 572 g/mol. The molecule has 2 N–H and O–H groups in total. The number of aryl methyl sites for hydroxylation is 1. The maximum atomic E-state index is 13.6. The zero-order valence-electron chi connectivity index (χ0n) is 24.7. The van der Waals surface area contributed by atoms with Crippen LogP contribution in [-0.2, 0) is 16.1 Å². The molecule has 6 rings (SSSR count).